The van der Waals surface area contributed by atoms with Crippen LogP contribution in [0.3, 0.4) is 0 Å². The predicted molar refractivity (Wildman–Crippen MR) is 53.2 cm³/mol. The molecule has 0 radical (unpaired) electrons. The molecule has 1 aromatic carbocycles. The van der Waals surface area contributed by atoms with E-state index in [0.29, 0.717) is 0 Å². The Morgan fingerprint density at radius 2 is 2.15 bits per heavy atom. The van der Waals surface area contributed by atoms with Gasteiger partial charge in [0.1, 0.15) is 5.75 Å². The van der Waals surface area contributed by atoms with Crippen molar-refractivity contribution >= 4 is 0 Å². The van der Waals surface area contributed by atoms with E-state index in [1.165, 1.54) is 5.56 Å². The lowest BCUT2D eigenvalue weighted by molar-refractivity contribution is 0.269. The SMILES string of the molecule is COc1ccc(C)cc1[C@H](C)CO. The van der Waals surface area contributed by atoms with Crippen LogP contribution in [0.1, 0.15) is 24.0 Å². The van der Waals surface area contributed by atoms with Crippen LogP contribution in [0.25, 0.3) is 0 Å². The highest BCUT2D eigenvalue weighted by Crippen LogP contribution is 2.26. The molecule has 2 nitrogen and oxygen atoms in total. The zero-order valence-corrected chi connectivity index (χ0v) is 8.37. The molecule has 0 aromatic heterocycles. The number of methoxy groups -OCH3 is 1. The predicted octanol–water partition coefficient (Wildman–Crippen LogP) is 2.10. The number of hydrogen-bond donors (Lipinski definition) is 1. The molecule has 0 bridgehead atoms. The summed E-state index contributed by atoms with van der Waals surface area (Å²) in [6.45, 7) is 4.17. The second-order valence-corrected chi connectivity index (χ2v) is 3.33. The Hall–Kier alpha value is -1.02. The van der Waals surface area contributed by atoms with Crippen LogP contribution in [0.15, 0.2) is 18.2 Å². The quantitative estimate of drug-likeness (QED) is 0.771. The van der Waals surface area contributed by atoms with Crippen molar-refractivity contribution in [2.75, 3.05) is 13.7 Å². The van der Waals surface area contributed by atoms with Gasteiger partial charge in [-0.05, 0) is 18.6 Å². The van der Waals surface area contributed by atoms with E-state index in [2.05, 4.69) is 6.07 Å². The summed E-state index contributed by atoms with van der Waals surface area (Å²) >= 11 is 0. The van der Waals surface area contributed by atoms with E-state index < -0.39 is 0 Å². The fraction of sp³-hybridized carbons (Fsp3) is 0.455. The molecule has 0 saturated carbocycles. The Balaban J connectivity index is 3.07. The molecular formula is C11H16O2. The maximum absolute atomic E-state index is 9.04. The van der Waals surface area contributed by atoms with Crippen LogP contribution in [-0.2, 0) is 0 Å². The summed E-state index contributed by atoms with van der Waals surface area (Å²) in [6, 6.07) is 6.00. The van der Waals surface area contributed by atoms with E-state index in [4.69, 9.17) is 9.84 Å². The second kappa shape index (κ2) is 4.28. The van der Waals surface area contributed by atoms with Gasteiger partial charge in [-0.2, -0.15) is 0 Å². The third-order valence-electron chi connectivity index (χ3n) is 2.19. The second-order valence-electron chi connectivity index (χ2n) is 3.33. The number of benzene rings is 1. The molecule has 0 unspecified atom stereocenters. The fourth-order valence-electron chi connectivity index (χ4n) is 1.34. The van der Waals surface area contributed by atoms with Crippen LogP contribution in [0, 0.1) is 6.92 Å². The molecule has 1 rings (SSSR count). The molecule has 0 amide bonds. The zero-order chi connectivity index (χ0) is 9.84. The van der Waals surface area contributed by atoms with Crippen LogP contribution in [-0.4, -0.2) is 18.8 Å². The first-order valence-corrected chi connectivity index (χ1v) is 4.44. The molecule has 0 heterocycles. The first-order chi connectivity index (χ1) is 6.19. The van der Waals surface area contributed by atoms with E-state index in [0.717, 1.165) is 11.3 Å². The zero-order valence-electron chi connectivity index (χ0n) is 8.37. The van der Waals surface area contributed by atoms with Crippen molar-refractivity contribution in [2.24, 2.45) is 0 Å². The van der Waals surface area contributed by atoms with Crippen molar-refractivity contribution in [2.45, 2.75) is 19.8 Å². The van der Waals surface area contributed by atoms with Gasteiger partial charge in [-0.3, -0.25) is 0 Å². The smallest absolute Gasteiger partial charge is 0.122 e. The molecule has 1 N–H and O–H groups in total. The molecule has 0 saturated heterocycles. The number of aliphatic hydroxyl groups excluding tert-OH is 1. The van der Waals surface area contributed by atoms with Crippen molar-refractivity contribution in [1.82, 2.24) is 0 Å². The van der Waals surface area contributed by atoms with Crippen LogP contribution in [0.2, 0.25) is 0 Å². The molecule has 2 heteroatoms. The van der Waals surface area contributed by atoms with Crippen LogP contribution in [0.4, 0.5) is 0 Å². The molecule has 72 valence electrons. The molecule has 1 aromatic rings. The van der Waals surface area contributed by atoms with Crippen molar-refractivity contribution in [3.63, 3.8) is 0 Å². The Kier molecular flexibility index (Phi) is 3.32. The van der Waals surface area contributed by atoms with Gasteiger partial charge in [0.15, 0.2) is 0 Å². The fourth-order valence-corrected chi connectivity index (χ4v) is 1.34. The van der Waals surface area contributed by atoms with Crippen molar-refractivity contribution in [3.05, 3.63) is 29.3 Å². The number of hydrogen-bond acceptors (Lipinski definition) is 2. The van der Waals surface area contributed by atoms with Gasteiger partial charge < -0.3 is 9.84 Å². The molecule has 0 aliphatic carbocycles. The van der Waals surface area contributed by atoms with Crippen LogP contribution < -0.4 is 4.74 Å². The summed E-state index contributed by atoms with van der Waals surface area (Å²) in [4.78, 5) is 0. The van der Waals surface area contributed by atoms with Crippen molar-refractivity contribution in [1.29, 1.82) is 0 Å². The van der Waals surface area contributed by atoms with Gasteiger partial charge >= 0.3 is 0 Å². The highest BCUT2D eigenvalue weighted by molar-refractivity contribution is 5.39. The summed E-state index contributed by atoms with van der Waals surface area (Å²) in [6.07, 6.45) is 0. The minimum Gasteiger partial charge on any atom is -0.496 e. The van der Waals surface area contributed by atoms with Gasteiger partial charge in [0, 0.05) is 12.5 Å². The van der Waals surface area contributed by atoms with E-state index in [-0.39, 0.29) is 12.5 Å². The minimum absolute atomic E-state index is 0.134. The maximum Gasteiger partial charge on any atom is 0.122 e. The molecule has 13 heavy (non-hydrogen) atoms. The molecule has 0 fully saturated rings. The standard InChI is InChI=1S/C11H16O2/c1-8-4-5-11(13-3)10(6-8)9(2)7-12/h4-6,9,12H,7H2,1-3H3/t9-/m1/s1. The van der Waals surface area contributed by atoms with Gasteiger partial charge in [-0.15, -0.1) is 0 Å². The maximum atomic E-state index is 9.04. The molecular weight excluding hydrogens is 164 g/mol. The van der Waals surface area contributed by atoms with Crippen molar-refractivity contribution < 1.29 is 9.84 Å². The van der Waals surface area contributed by atoms with Crippen LogP contribution in [0.5, 0.6) is 5.75 Å². The molecule has 0 aliphatic heterocycles. The highest BCUT2D eigenvalue weighted by atomic mass is 16.5. The largest absolute Gasteiger partial charge is 0.496 e. The minimum atomic E-state index is 0.134. The lowest BCUT2D eigenvalue weighted by Crippen LogP contribution is -2.02. The number of aryl methyl sites for hydroxylation is 1. The summed E-state index contributed by atoms with van der Waals surface area (Å²) in [5.74, 6) is 0.988. The van der Waals surface area contributed by atoms with Gasteiger partial charge in [0.05, 0.1) is 7.11 Å². The third kappa shape index (κ3) is 2.22. The summed E-state index contributed by atoms with van der Waals surface area (Å²) in [5, 5.41) is 9.04. The monoisotopic (exact) mass is 180 g/mol. The average molecular weight is 180 g/mol. The first kappa shape index (κ1) is 10.1. The molecule has 1 atom stereocenters. The van der Waals surface area contributed by atoms with Crippen molar-refractivity contribution in [3.8, 4) is 5.75 Å². The van der Waals surface area contributed by atoms with Gasteiger partial charge in [0.2, 0.25) is 0 Å². The average Bonchev–Trinajstić information content (AvgIpc) is 2.16. The number of rotatable bonds is 3. The lowest BCUT2D eigenvalue weighted by Gasteiger charge is -2.13. The third-order valence-corrected chi connectivity index (χ3v) is 2.19. The Labute approximate surface area is 79.2 Å². The van der Waals surface area contributed by atoms with Crippen LogP contribution >= 0.6 is 0 Å². The van der Waals surface area contributed by atoms with Gasteiger partial charge in [-0.1, -0.05) is 24.6 Å². The number of ether oxygens (including phenoxy) is 1. The summed E-state index contributed by atoms with van der Waals surface area (Å²) < 4.78 is 5.21. The summed E-state index contributed by atoms with van der Waals surface area (Å²) in [5.41, 5.74) is 2.26. The van der Waals surface area contributed by atoms with E-state index >= 15 is 0 Å². The normalized spacial score (nSPS) is 12.6. The lowest BCUT2D eigenvalue weighted by atomic mass is 9.99. The molecule has 0 spiro atoms. The van der Waals surface area contributed by atoms with E-state index in [1.54, 1.807) is 7.11 Å². The number of aliphatic hydroxyl groups is 1. The van der Waals surface area contributed by atoms with E-state index in [1.807, 2.05) is 26.0 Å². The van der Waals surface area contributed by atoms with E-state index in [9.17, 15) is 0 Å². The van der Waals surface area contributed by atoms with Gasteiger partial charge in [0.25, 0.3) is 0 Å². The highest BCUT2D eigenvalue weighted by Gasteiger charge is 2.09. The Bertz CT molecular complexity index is 281. The molecule has 0 aliphatic rings. The Morgan fingerprint density at radius 1 is 1.46 bits per heavy atom. The Morgan fingerprint density at radius 3 is 2.69 bits per heavy atom. The summed E-state index contributed by atoms with van der Waals surface area (Å²) in [7, 11) is 1.65. The van der Waals surface area contributed by atoms with Gasteiger partial charge in [-0.25, -0.2) is 0 Å². The topological polar surface area (TPSA) is 29.5 Å². The first-order valence-electron chi connectivity index (χ1n) is 4.44.